The van der Waals surface area contributed by atoms with E-state index in [-0.39, 0.29) is 84.4 Å². The SMILES string of the molecule is Cc1cc(C(C)C(=O)OCC(C)(C)C2C(=O)CC3(CC2=O)CC(=O)C(C(C)(C)COC(=O)C(C)c2cc(C)c(O)c(C(C)(C)C)c2)C(=O)C3)cc(C(C)(C)C)c1O. The van der Waals surface area contributed by atoms with E-state index in [1.165, 1.54) is 0 Å². The van der Waals surface area contributed by atoms with Crippen molar-refractivity contribution in [3.05, 3.63) is 57.6 Å². The van der Waals surface area contributed by atoms with Gasteiger partial charge < -0.3 is 19.7 Å². The average Bonchev–Trinajstić information content (AvgIpc) is 3.05. The van der Waals surface area contributed by atoms with Gasteiger partial charge in [-0.1, -0.05) is 93.5 Å². The highest BCUT2D eigenvalue weighted by Crippen LogP contribution is 2.51. The van der Waals surface area contributed by atoms with E-state index in [2.05, 4.69) is 0 Å². The minimum absolute atomic E-state index is 0.126. The van der Waals surface area contributed by atoms with E-state index in [9.17, 15) is 39.0 Å². The molecule has 2 aromatic rings. The lowest BCUT2D eigenvalue weighted by molar-refractivity contribution is -0.162. The van der Waals surface area contributed by atoms with Crippen LogP contribution in [0.2, 0.25) is 0 Å². The summed E-state index contributed by atoms with van der Waals surface area (Å²) in [6.07, 6.45) is -0.503. The number of rotatable bonds is 10. The third-order valence-electron chi connectivity index (χ3n) is 12.2. The molecule has 2 aliphatic carbocycles. The van der Waals surface area contributed by atoms with Crippen LogP contribution in [-0.2, 0) is 49.1 Å². The fourth-order valence-corrected chi connectivity index (χ4v) is 8.83. The summed E-state index contributed by atoms with van der Waals surface area (Å²) in [5.41, 5.74) is 0.139. The molecule has 2 aliphatic rings. The molecule has 0 aliphatic heterocycles. The molecule has 2 unspecified atom stereocenters. The van der Waals surface area contributed by atoms with Gasteiger partial charge in [-0.05, 0) is 77.3 Å². The van der Waals surface area contributed by atoms with Crippen molar-refractivity contribution < 1.29 is 48.5 Å². The second kappa shape index (κ2) is 15.8. The Morgan fingerprint density at radius 3 is 1.14 bits per heavy atom. The molecule has 4 rings (SSSR count). The third kappa shape index (κ3) is 9.52. The summed E-state index contributed by atoms with van der Waals surface area (Å²) in [7, 11) is 0. The van der Waals surface area contributed by atoms with Gasteiger partial charge in [-0.3, -0.25) is 28.8 Å². The molecule has 2 N–H and O–H groups in total. The molecule has 2 saturated carbocycles. The molecule has 0 saturated heterocycles. The summed E-state index contributed by atoms with van der Waals surface area (Å²) in [6, 6.07) is 7.12. The molecule has 10 heteroatoms. The molecular weight excluding hydrogens is 725 g/mol. The van der Waals surface area contributed by atoms with Crippen LogP contribution in [-0.4, -0.2) is 58.5 Å². The van der Waals surface area contributed by atoms with Crippen LogP contribution in [0.1, 0.15) is 154 Å². The second-order valence-electron chi connectivity index (χ2n) is 20.5. The molecule has 0 radical (unpaired) electrons. The predicted octanol–water partition coefficient (Wildman–Crippen LogP) is 8.44. The zero-order chi connectivity index (χ0) is 43.4. The Kier molecular flexibility index (Phi) is 12.6. The molecule has 2 fully saturated rings. The minimum Gasteiger partial charge on any atom is -0.507 e. The van der Waals surface area contributed by atoms with Gasteiger partial charge in [0.2, 0.25) is 0 Å². The maximum absolute atomic E-state index is 13.8. The molecule has 0 bridgehead atoms. The van der Waals surface area contributed by atoms with Crippen LogP contribution in [0.5, 0.6) is 11.5 Å². The Labute approximate surface area is 338 Å². The van der Waals surface area contributed by atoms with E-state index < -0.39 is 51.9 Å². The number of aromatic hydroxyl groups is 2. The molecule has 57 heavy (non-hydrogen) atoms. The van der Waals surface area contributed by atoms with Crippen LogP contribution < -0.4 is 0 Å². The normalized spacial score (nSPS) is 22.1. The van der Waals surface area contributed by atoms with Crippen molar-refractivity contribution in [2.24, 2.45) is 28.1 Å². The molecule has 1 spiro atoms. The molecule has 0 aromatic heterocycles. The molecule has 312 valence electrons. The molecule has 0 amide bonds. The van der Waals surface area contributed by atoms with Crippen molar-refractivity contribution in [3.8, 4) is 11.5 Å². The topological polar surface area (TPSA) is 161 Å². The number of carbonyl (C=O) groups is 6. The first-order valence-corrected chi connectivity index (χ1v) is 20.0. The highest BCUT2D eigenvalue weighted by atomic mass is 16.5. The largest absolute Gasteiger partial charge is 0.507 e. The van der Waals surface area contributed by atoms with Crippen LogP contribution in [0.4, 0.5) is 0 Å². The Hall–Kier alpha value is -4.34. The van der Waals surface area contributed by atoms with Crippen molar-refractivity contribution in [3.63, 3.8) is 0 Å². The van der Waals surface area contributed by atoms with Crippen LogP contribution in [0.25, 0.3) is 0 Å². The quantitative estimate of drug-likeness (QED) is 0.177. The minimum atomic E-state index is -1.12. The van der Waals surface area contributed by atoms with Gasteiger partial charge in [0.25, 0.3) is 0 Å². The number of benzene rings is 2. The van der Waals surface area contributed by atoms with Gasteiger partial charge in [0.1, 0.15) is 34.6 Å². The number of ketones is 4. The van der Waals surface area contributed by atoms with E-state index in [0.717, 1.165) is 0 Å². The van der Waals surface area contributed by atoms with Crippen LogP contribution in [0.15, 0.2) is 24.3 Å². The second-order valence-corrected chi connectivity index (χ2v) is 20.5. The van der Waals surface area contributed by atoms with Crippen LogP contribution >= 0.6 is 0 Å². The van der Waals surface area contributed by atoms with E-state index >= 15 is 0 Å². The number of phenols is 2. The first-order chi connectivity index (χ1) is 25.9. The fourth-order valence-electron chi connectivity index (χ4n) is 8.83. The van der Waals surface area contributed by atoms with Crippen molar-refractivity contribution in [1.82, 2.24) is 0 Å². The highest BCUT2D eigenvalue weighted by molar-refractivity contribution is 6.11. The summed E-state index contributed by atoms with van der Waals surface area (Å²) in [5, 5.41) is 21.3. The Morgan fingerprint density at radius 2 is 0.877 bits per heavy atom. The number of carbonyl (C=O) groups excluding carboxylic acids is 6. The van der Waals surface area contributed by atoms with Crippen molar-refractivity contribution in [1.29, 1.82) is 0 Å². The lowest BCUT2D eigenvalue weighted by Gasteiger charge is -2.46. The van der Waals surface area contributed by atoms with Gasteiger partial charge in [-0.2, -0.15) is 0 Å². The van der Waals surface area contributed by atoms with Crippen molar-refractivity contribution >= 4 is 35.1 Å². The Balaban J connectivity index is 1.40. The maximum Gasteiger partial charge on any atom is 0.313 e. The van der Waals surface area contributed by atoms with Crippen molar-refractivity contribution in [2.75, 3.05) is 13.2 Å². The van der Waals surface area contributed by atoms with Crippen LogP contribution in [0.3, 0.4) is 0 Å². The number of hydrogen-bond acceptors (Lipinski definition) is 10. The predicted molar refractivity (Wildman–Crippen MR) is 217 cm³/mol. The number of ether oxygens (including phenoxy) is 2. The summed E-state index contributed by atoms with van der Waals surface area (Å²) in [4.78, 5) is 81.9. The van der Waals surface area contributed by atoms with Crippen molar-refractivity contribution in [2.45, 2.75) is 145 Å². The number of aryl methyl sites for hydroxylation is 2. The van der Waals surface area contributed by atoms with Gasteiger partial charge in [0.05, 0.1) is 36.9 Å². The first kappa shape index (κ1) is 45.4. The Morgan fingerprint density at radius 1 is 0.596 bits per heavy atom. The first-order valence-electron chi connectivity index (χ1n) is 20.0. The Bertz CT molecular complexity index is 1790. The number of phenolic OH excluding ortho intramolecular Hbond substituents is 2. The van der Waals surface area contributed by atoms with Crippen LogP contribution in [0, 0.1) is 41.9 Å². The number of esters is 2. The molecule has 0 heterocycles. The summed E-state index contributed by atoms with van der Waals surface area (Å²) < 4.78 is 11.5. The smallest absolute Gasteiger partial charge is 0.313 e. The summed E-state index contributed by atoms with van der Waals surface area (Å²) in [5.74, 6) is -5.72. The fraction of sp³-hybridized carbons (Fsp3) is 0.617. The average molecular weight is 789 g/mol. The summed E-state index contributed by atoms with van der Waals surface area (Å²) in [6.45, 7) is 25.3. The monoisotopic (exact) mass is 788 g/mol. The van der Waals surface area contributed by atoms with E-state index in [1.807, 2.05) is 41.5 Å². The zero-order valence-corrected chi connectivity index (χ0v) is 36.5. The molecule has 2 aromatic carbocycles. The standard InChI is InChI=1S/C47H64O10/c1-25-15-29(17-31(39(25)52)43(5,6)7)27(3)41(54)56-23-45(11,12)37-33(48)19-47(20-34(37)49)21-35(50)38(36(51)22-47)46(13,14)24-57-42(55)28(4)30-16-26(2)40(53)32(18-30)44(8,9)10/h15-18,27-28,37-38,52-53H,19-24H2,1-14H3. The summed E-state index contributed by atoms with van der Waals surface area (Å²) >= 11 is 0. The molecule has 2 atom stereocenters. The number of hydrogen-bond donors (Lipinski definition) is 2. The third-order valence-corrected chi connectivity index (χ3v) is 12.2. The zero-order valence-electron chi connectivity index (χ0n) is 36.5. The maximum atomic E-state index is 13.8. The van der Waals surface area contributed by atoms with Gasteiger partial charge in [0, 0.05) is 36.5 Å². The number of Topliss-reactive ketones (excluding diaryl/α,β-unsaturated/α-hetero) is 4. The van der Waals surface area contributed by atoms with E-state index in [1.54, 1.807) is 79.7 Å². The van der Waals surface area contributed by atoms with Gasteiger partial charge in [0.15, 0.2) is 0 Å². The molecule has 10 nitrogen and oxygen atoms in total. The van der Waals surface area contributed by atoms with E-state index in [4.69, 9.17) is 9.47 Å². The lowest BCUT2D eigenvalue weighted by atomic mass is 9.54. The van der Waals surface area contributed by atoms with Gasteiger partial charge >= 0.3 is 11.9 Å². The van der Waals surface area contributed by atoms with Gasteiger partial charge in [-0.25, -0.2) is 0 Å². The molecular formula is C47H64O10. The lowest BCUT2D eigenvalue weighted by Crippen LogP contribution is -2.54. The van der Waals surface area contributed by atoms with Gasteiger partial charge in [-0.15, -0.1) is 0 Å². The highest BCUT2D eigenvalue weighted by Gasteiger charge is 2.57. The van der Waals surface area contributed by atoms with E-state index in [0.29, 0.717) is 33.4 Å².